The predicted molar refractivity (Wildman–Crippen MR) is 91.7 cm³/mol. The van der Waals surface area contributed by atoms with E-state index in [2.05, 4.69) is 9.97 Å². The summed E-state index contributed by atoms with van der Waals surface area (Å²) in [5.41, 5.74) is 0.490. The molecular weight excluding hydrogens is 338 g/mol. The number of aromatic nitrogens is 2. The molecule has 4 rings (SSSR count). The summed E-state index contributed by atoms with van der Waals surface area (Å²) in [7, 11) is 0. The number of carbonyl (C=O) groups excluding carboxylic acids is 2. The highest BCUT2D eigenvalue weighted by Crippen LogP contribution is 2.31. The molecule has 0 atom stereocenters. The van der Waals surface area contributed by atoms with Crippen LogP contribution in [0.5, 0.6) is 0 Å². The first-order chi connectivity index (χ1) is 12.7. The van der Waals surface area contributed by atoms with E-state index in [9.17, 15) is 9.59 Å². The number of amides is 2. The largest absolute Gasteiger partial charge is 0.347 e. The van der Waals surface area contributed by atoms with Crippen molar-refractivity contribution >= 4 is 18.3 Å². The van der Waals surface area contributed by atoms with Crippen LogP contribution in [0.25, 0.3) is 0 Å². The Morgan fingerprint density at radius 1 is 1.00 bits per heavy atom. The monoisotopic (exact) mass is 361 g/mol. The van der Waals surface area contributed by atoms with Gasteiger partial charge in [-0.1, -0.05) is 0 Å². The number of hydrogen-bond acceptors (Lipinski definition) is 7. The molecular formula is C17H23N5O4. The number of likely N-dealkylation sites (tertiary alicyclic amines) is 1. The molecule has 1 spiro atoms. The molecule has 1 aromatic heterocycles. The minimum Gasteiger partial charge on any atom is -0.347 e. The third-order valence-electron chi connectivity index (χ3n) is 5.26. The van der Waals surface area contributed by atoms with Crippen molar-refractivity contribution in [2.75, 3.05) is 57.4 Å². The second-order valence-corrected chi connectivity index (χ2v) is 6.80. The fourth-order valence-corrected chi connectivity index (χ4v) is 3.64. The molecule has 1 aromatic rings. The molecule has 3 aliphatic heterocycles. The van der Waals surface area contributed by atoms with Crippen molar-refractivity contribution in [3.8, 4) is 0 Å². The number of rotatable bonds is 3. The Bertz CT molecular complexity index is 644. The van der Waals surface area contributed by atoms with Crippen LogP contribution in [0.3, 0.4) is 0 Å². The second kappa shape index (κ2) is 7.16. The maximum Gasteiger partial charge on any atom is 0.256 e. The summed E-state index contributed by atoms with van der Waals surface area (Å²) in [5, 5.41) is 0. The number of piperazine rings is 1. The minimum atomic E-state index is -0.485. The van der Waals surface area contributed by atoms with Crippen LogP contribution >= 0.6 is 0 Å². The van der Waals surface area contributed by atoms with Gasteiger partial charge in [-0.15, -0.1) is 0 Å². The lowest BCUT2D eigenvalue weighted by atomic mass is 10.0. The summed E-state index contributed by atoms with van der Waals surface area (Å²) < 4.78 is 11.4. The van der Waals surface area contributed by atoms with Gasteiger partial charge in [-0.05, 0) is 0 Å². The van der Waals surface area contributed by atoms with Gasteiger partial charge in [-0.2, -0.15) is 0 Å². The highest BCUT2D eigenvalue weighted by Gasteiger charge is 2.40. The van der Waals surface area contributed by atoms with Crippen molar-refractivity contribution in [3.63, 3.8) is 0 Å². The first-order valence-electron chi connectivity index (χ1n) is 9.03. The van der Waals surface area contributed by atoms with Crippen molar-refractivity contribution in [3.05, 3.63) is 18.0 Å². The van der Waals surface area contributed by atoms with Crippen molar-refractivity contribution in [2.45, 2.75) is 18.6 Å². The average molecular weight is 361 g/mol. The van der Waals surface area contributed by atoms with E-state index in [4.69, 9.17) is 9.47 Å². The van der Waals surface area contributed by atoms with Crippen LogP contribution in [-0.4, -0.2) is 90.4 Å². The zero-order chi connectivity index (χ0) is 18.0. The minimum absolute atomic E-state index is 0.0600. The van der Waals surface area contributed by atoms with E-state index in [1.54, 1.807) is 22.2 Å². The Balaban J connectivity index is 1.35. The molecule has 0 radical (unpaired) electrons. The summed E-state index contributed by atoms with van der Waals surface area (Å²) in [5.74, 6) is 0.0495. The molecule has 9 heteroatoms. The maximum atomic E-state index is 12.7. The van der Waals surface area contributed by atoms with Crippen LogP contribution in [0.2, 0.25) is 0 Å². The zero-order valence-electron chi connectivity index (χ0n) is 14.7. The fourth-order valence-electron chi connectivity index (χ4n) is 3.64. The average Bonchev–Trinajstić information content (AvgIpc) is 3.16. The van der Waals surface area contributed by atoms with Crippen molar-refractivity contribution in [1.82, 2.24) is 19.8 Å². The van der Waals surface area contributed by atoms with Gasteiger partial charge < -0.3 is 24.2 Å². The van der Waals surface area contributed by atoms with Crippen LogP contribution in [0.4, 0.5) is 5.95 Å². The maximum absolute atomic E-state index is 12.7. The van der Waals surface area contributed by atoms with E-state index < -0.39 is 5.79 Å². The first kappa shape index (κ1) is 17.2. The number of nitrogens with zero attached hydrogens (tertiary/aromatic N) is 5. The zero-order valence-corrected chi connectivity index (χ0v) is 14.7. The van der Waals surface area contributed by atoms with E-state index in [0.717, 1.165) is 6.41 Å². The van der Waals surface area contributed by atoms with Gasteiger partial charge in [0.1, 0.15) is 0 Å². The van der Waals surface area contributed by atoms with Gasteiger partial charge in [-0.25, -0.2) is 9.97 Å². The lowest BCUT2D eigenvalue weighted by Crippen LogP contribution is -2.47. The van der Waals surface area contributed by atoms with Crippen LogP contribution in [0.15, 0.2) is 12.4 Å². The van der Waals surface area contributed by atoms with Crippen LogP contribution in [0, 0.1) is 0 Å². The quantitative estimate of drug-likeness (QED) is 0.685. The summed E-state index contributed by atoms with van der Waals surface area (Å²) in [6.45, 7) is 5.18. The molecule has 26 heavy (non-hydrogen) atoms. The van der Waals surface area contributed by atoms with Gasteiger partial charge in [0, 0.05) is 64.5 Å². The number of ether oxygens (including phenoxy) is 2. The molecule has 140 valence electrons. The van der Waals surface area contributed by atoms with Crippen molar-refractivity contribution in [2.24, 2.45) is 0 Å². The Morgan fingerprint density at radius 2 is 1.62 bits per heavy atom. The molecule has 3 aliphatic rings. The fraction of sp³-hybridized carbons (Fsp3) is 0.647. The second-order valence-electron chi connectivity index (χ2n) is 6.80. The molecule has 0 bridgehead atoms. The number of carbonyl (C=O) groups is 2. The smallest absolute Gasteiger partial charge is 0.256 e. The lowest BCUT2D eigenvalue weighted by Gasteiger charge is -2.37. The van der Waals surface area contributed by atoms with Crippen molar-refractivity contribution in [1.29, 1.82) is 0 Å². The van der Waals surface area contributed by atoms with Crippen LogP contribution in [-0.2, 0) is 14.3 Å². The molecule has 0 saturated carbocycles. The Labute approximate surface area is 151 Å². The third-order valence-corrected chi connectivity index (χ3v) is 5.26. The van der Waals surface area contributed by atoms with Gasteiger partial charge in [-0.3, -0.25) is 9.59 Å². The summed E-state index contributed by atoms with van der Waals surface area (Å²) in [6, 6.07) is 0. The van der Waals surface area contributed by atoms with Crippen LogP contribution in [0.1, 0.15) is 23.2 Å². The Hall–Kier alpha value is -2.26. The van der Waals surface area contributed by atoms with E-state index >= 15 is 0 Å². The molecule has 4 heterocycles. The lowest BCUT2D eigenvalue weighted by molar-refractivity contribution is -0.181. The van der Waals surface area contributed by atoms with Gasteiger partial charge in [0.25, 0.3) is 5.91 Å². The number of hydrogen-bond donors (Lipinski definition) is 0. The van der Waals surface area contributed by atoms with E-state index in [1.165, 1.54) is 0 Å². The predicted octanol–water partition coefficient (Wildman–Crippen LogP) is -0.266. The Morgan fingerprint density at radius 3 is 2.19 bits per heavy atom. The third kappa shape index (κ3) is 3.36. The van der Waals surface area contributed by atoms with Gasteiger partial charge in [0.15, 0.2) is 5.79 Å². The molecule has 3 fully saturated rings. The van der Waals surface area contributed by atoms with Gasteiger partial charge in [0.2, 0.25) is 12.4 Å². The van der Waals surface area contributed by atoms with Gasteiger partial charge in [0.05, 0.1) is 18.8 Å². The summed E-state index contributed by atoms with van der Waals surface area (Å²) >= 11 is 0. The highest BCUT2D eigenvalue weighted by atomic mass is 16.7. The topological polar surface area (TPSA) is 88.1 Å². The normalized spacial score (nSPS) is 22.7. The summed E-state index contributed by atoms with van der Waals surface area (Å²) in [4.78, 5) is 37.7. The number of anilines is 1. The number of piperidine rings is 1. The molecule has 0 unspecified atom stereocenters. The SMILES string of the molecule is O=CN1CCN(c2ncc(C(=O)N3CCC4(CC3)OCCO4)cn2)CC1. The molecule has 2 amide bonds. The molecule has 0 aliphatic carbocycles. The highest BCUT2D eigenvalue weighted by molar-refractivity contribution is 5.93. The Kier molecular flexibility index (Phi) is 4.73. The van der Waals surface area contributed by atoms with Gasteiger partial charge >= 0.3 is 0 Å². The van der Waals surface area contributed by atoms with E-state index in [0.29, 0.717) is 76.8 Å². The first-order valence-corrected chi connectivity index (χ1v) is 9.03. The summed E-state index contributed by atoms with van der Waals surface area (Å²) in [6.07, 6.45) is 5.43. The van der Waals surface area contributed by atoms with Crippen molar-refractivity contribution < 1.29 is 19.1 Å². The van der Waals surface area contributed by atoms with E-state index in [1.807, 2.05) is 4.90 Å². The van der Waals surface area contributed by atoms with Crippen LogP contribution < -0.4 is 4.90 Å². The molecule has 0 aromatic carbocycles. The molecule has 0 N–H and O–H groups in total. The molecule has 3 saturated heterocycles. The van der Waals surface area contributed by atoms with E-state index in [-0.39, 0.29) is 5.91 Å². The standard InChI is InChI=1S/C17H23N5O4/c23-13-20-5-7-22(8-6-20)16-18-11-14(12-19-16)15(24)21-3-1-17(2-4-21)25-9-10-26-17/h11-13H,1-10H2. The molecule has 9 nitrogen and oxygen atoms in total.